The normalized spacial score (nSPS) is 19.2. The molecule has 0 radical (unpaired) electrons. The molecular formula is C25H47NO7. The minimum absolute atomic E-state index is 0.0164. The van der Waals surface area contributed by atoms with Crippen molar-refractivity contribution in [3.63, 3.8) is 0 Å². The van der Waals surface area contributed by atoms with Crippen molar-refractivity contribution >= 4 is 12.4 Å². The van der Waals surface area contributed by atoms with E-state index in [1.807, 2.05) is 26.8 Å². The molecule has 0 rings (SSSR count). The fourth-order valence-electron chi connectivity index (χ4n) is 3.91. The molecule has 0 spiro atoms. The third-order valence-corrected chi connectivity index (χ3v) is 6.46. The zero-order valence-corrected chi connectivity index (χ0v) is 22.0. The van der Waals surface area contributed by atoms with E-state index in [1.165, 1.54) is 12.0 Å². The summed E-state index contributed by atoms with van der Waals surface area (Å²) < 4.78 is 22.4. The van der Waals surface area contributed by atoms with Gasteiger partial charge in [-0.05, 0) is 38.5 Å². The van der Waals surface area contributed by atoms with Gasteiger partial charge in [0.25, 0.3) is 0 Å². The maximum absolute atomic E-state index is 12.5. The van der Waals surface area contributed by atoms with Gasteiger partial charge in [-0.15, -0.1) is 0 Å². The van der Waals surface area contributed by atoms with Gasteiger partial charge in [-0.3, -0.25) is 4.79 Å². The molecular weight excluding hydrogens is 426 g/mol. The van der Waals surface area contributed by atoms with Crippen molar-refractivity contribution in [3.8, 4) is 0 Å². The highest BCUT2D eigenvalue weighted by molar-refractivity contribution is 5.74. The molecule has 0 aliphatic carbocycles. The summed E-state index contributed by atoms with van der Waals surface area (Å²) in [6, 6.07) is 0. The van der Waals surface area contributed by atoms with E-state index in [2.05, 4.69) is 6.92 Å². The Balaban J connectivity index is 5.50. The molecule has 8 atom stereocenters. The first kappa shape index (κ1) is 31.5. The van der Waals surface area contributed by atoms with Crippen molar-refractivity contribution < 1.29 is 33.6 Å². The number of esters is 1. The topological polar surface area (TPSA) is 94.5 Å². The van der Waals surface area contributed by atoms with Gasteiger partial charge in [0, 0.05) is 46.4 Å². The predicted molar refractivity (Wildman–Crippen MR) is 129 cm³/mol. The van der Waals surface area contributed by atoms with E-state index < -0.39 is 24.3 Å². The number of carbonyl (C=O) groups is 2. The van der Waals surface area contributed by atoms with Gasteiger partial charge in [-0.25, -0.2) is 4.79 Å². The zero-order chi connectivity index (χ0) is 25.6. The summed E-state index contributed by atoms with van der Waals surface area (Å²) in [7, 11) is 6.45. The first-order valence-corrected chi connectivity index (χ1v) is 11.9. The highest BCUT2D eigenvalue weighted by Crippen LogP contribution is 2.28. The number of carbonyl (C=O) groups excluding carboxylic acids is 2. The van der Waals surface area contributed by atoms with E-state index in [4.69, 9.17) is 18.9 Å². The monoisotopic (exact) mass is 473 g/mol. The van der Waals surface area contributed by atoms with E-state index in [0.717, 1.165) is 12.8 Å². The number of hydrogen-bond donors (Lipinski definition) is 1. The molecule has 194 valence electrons. The lowest BCUT2D eigenvalue weighted by Crippen LogP contribution is -2.40. The molecule has 0 aromatic rings. The van der Waals surface area contributed by atoms with Crippen LogP contribution in [-0.2, 0) is 28.5 Å². The van der Waals surface area contributed by atoms with E-state index in [-0.39, 0.29) is 30.0 Å². The van der Waals surface area contributed by atoms with Crippen LogP contribution in [0.1, 0.15) is 60.3 Å². The first-order valence-electron chi connectivity index (χ1n) is 11.9. The summed E-state index contributed by atoms with van der Waals surface area (Å²) in [5, 5.41) is 10.0. The summed E-state index contributed by atoms with van der Waals surface area (Å²) in [4.78, 5) is 24.8. The lowest BCUT2D eigenvalue weighted by molar-refractivity contribution is -0.166. The summed E-state index contributed by atoms with van der Waals surface area (Å²) in [5.41, 5.74) is 0. The molecule has 0 fully saturated rings. The average molecular weight is 474 g/mol. The van der Waals surface area contributed by atoms with E-state index >= 15 is 0 Å². The lowest BCUT2D eigenvalue weighted by Gasteiger charge is -2.34. The average Bonchev–Trinajstić information content (AvgIpc) is 2.82. The standard InChI is InChI=1S/C25H47NO7/c1-10-21(28)15-23(31-8)17(2)11-12-22(33-25(29)20(5)30-7)19(4)24(32-9)18(3)13-14-26(6)16-27/h13-14,16-24,28H,10-12,15H2,1-9H3/b14-13+/t17-,18+,19-,20+,21+,22?,23-,24+/m0/s1. The Kier molecular flexibility index (Phi) is 16.3. The Morgan fingerprint density at radius 2 is 1.64 bits per heavy atom. The first-order chi connectivity index (χ1) is 15.6. The lowest BCUT2D eigenvalue weighted by atomic mass is 9.84. The molecule has 0 aromatic heterocycles. The smallest absolute Gasteiger partial charge is 0.335 e. The highest BCUT2D eigenvalue weighted by atomic mass is 16.6. The van der Waals surface area contributed by atoms with Gasteiger partial charge in [0.05, 0.1) is 18.3 Å². The second-order valence-corrected chi connectivity index (χ2v) is 9.01. The van der Waals surface area contributed by atoms with Gasteiger partial charge in [0.1, 0.15) is 6.10 Å². The van der Waals surface area contributed by atoms with Crippen LogP contribution in [-0.4, -0.2) is 81.3 Å². The Morgan fingerprint density at radius 1 is 1.00 bits per heavy atom. The van der Waals surface area contributed by atoms with Crippen LogP contribution < -0.4 is 0 Å². The van der Waals surface area contributed by atoms with Crippen LogP contribution in [0.5, 0.6) is 0 Å². The highest BCUT2D eigenvalue weighted by Gasteiger charge is 2.33. The molecule has 33 heavy (non-hydrogen) atoms. The molecule has 1 unspecified atom stereocenters. The number of rotatable bonds is 18. The fraction of sp³-hybridized carbons (Fsp3) is 0.840. The second-order valence-electron chi connectivity index (χ2n) is 9.01. The van der Waals surface area contributed by atoms with Crippen LogP contribution in [0.4, 0.5) is 0 Å². The minimum Gasteiger partial charge on any atom is -0.460 e. The molecule has 0 saturated carbocycles. The maximum Gasteiger partial charge on any atom is 0.335 e. The third kappa shape index (κ3) is 11.5. The van der Waals surface area contributed by atoms with Crippen molar-refractivity contribution in [2.45, 2.75) is 90.8 Å². The number of ether oxygens (including phenoxy) is 4. The number of amides is 1. The van der Waals surface area contributed by atoms with Gasteiger partial charge >= 0.3 is 5.97 Å². The molecule has 0 aliphatic heterocycles. The Bertz CT molecular complexity index is 571. The molecule has 1 amide bonds. The van der Waals surface area contributed by atoms with Crippen LogP contribution in [0.25, 0.3) is 0 Å². The van der Waals surface area contributed by atoms with Crippen LogP contribution >= 0.6 is 0 Å². The Morgan fingerprint density at radius 3 is 2.12 bits per heavy atom. The summed E-state index contributed by atoms with van der Waals surface area (Å²) in [6.07, 6.45) is 5.21. The summed E-state index contributed by atoms with van der Waals surface area (Å²) in [6.45, 7) is 9.72. The van der Waals surface area contributed by atoms with Crippen molar-refractivity contribution in [2.24, 2.45) is 17.8 Å². The Hall–Kier alpha value is -1.48. The molecule has 0 saturated heterocycles. The summed E-state index contributed by atoms with van der Waals surface area (Å²) in [5.74, 6) is -0.370. The van der Waals surface area contributed by atoms with Gasteiger partial charge in [-0.1, -0.05) is 33.8 Å². The number of aliphatic hydroxyl groups is 1. The van der Waals surface area contributed by atoms with Crippen molar-refractivity contribution in [1.82, 2.24) is 4.90 Å². The number of aliphatic hydroxyl groups excluding tert-OH is 1. The second kappa shape index (κ2) is 17.0. The van der Waals surface area contributed by atoms with Gasteiger partial charge < -0.3 is 29.0 Å². The molecule has 0 heterocycles. The van der Waals surface area contributed by atoms with Gasteiger partial charge in [-0.2, -0.15) is 0 Å². The molecule has 0 aliphatic rings. The quantitative estimate of drug-likeness (QED) is 0.241. The molecule has 8 nitrogen and oxygen atoms in total. The third-order valence-electron chi connectivity index (χ3n) is 6.46. The maximum atomic E-state index is 12.5. The largest absolute Gasteiger partial charge is 0.460 e. The van der Waals surface area contributed by atoms with Crippen LogP contribution in [0, 0.1) is 17.8 Å². The number of nitrogens with zero attached hydrogens (tertiary/aromatic N) is 1. The van der Waals surface area contributed by atoms with Crippen molar-refractivity contribution in [1.29, 1.82) is 0 Å². The van der Waals surface area contributed by atoms with E-state index in [9.17, 15) is 14.7 Å². The SMILES string of the molecule is CC[C@@H](O)C[C@H](OC)[C@@H](C)CCC(OC(=O)[C@@H](C)OC)[C@H](C)[C@H](OC)[C@H](C)/C=C/N(C)C=O. The van der Waals surface area contributed by atoms with E-state index in [1.54, 1.807) is 34.4 Å². The number of methoxy groups -OCH3 is 3. The van der Waals surface area contributed by atoms with Gasteiger partial charge in [0.15, 0.2) is 6.10 Å². The molecule has 1 N–H and O–H groups in total. The predicted octanol–water partition coefficient (Wildman–Crippen LogP) is 3.41. The Labute approximate surface area is 200 Å². The molecule has 8 heteroatoms. The van der Waals surface area contributed by atoms with Crippen LogP contribution in [0.15, 0.2) is 12.3 Å². The van der Waals surface area contributed by atoms with Crippen LogP contribution in [0.3, 0.4) is 0 Å². The zero-order valence-electron chi connectivity index (χ0n) is 22.0. The van der Waals surface area contributed by atoms with Crippen molar-refractivity contribution in [2.75, 3.05) is 28.4 Å². The van der Waals surface area contributed by atoms with Crippen LogP contribution in [0.2, 0.25) is 0 Å². The number of hydrogen-bond acceptors (Lipinski definition) is 7. The molecule has 0 bridgehead atoms. The van der Waals surface area contributed by atoms with E-state index in [0.29, 0.717) is 19.3 Å². The fourth-order valence-corrected chi connectivity index (χ4v) is 3.91. The summed E-state index contributed by atoms with van der Waals surface area (Å²) >= 11 is 0. The van der Waals surface area contributed by atoms with Gasteiger partial charge in [0.2, 0.25) is 6.41 Å². The van der Waals surface area contributed by atoms with Crippen molar-refractivity contribution in [3.05, 3.63) is 12.3 Å². The molecule has 0 aromatic carbocycles. The minimum atomic E-state index is -0.664.